The summed E-state index contributed by atoms with van der Waals surface area (Å²) in [4.78, 5) is 105. The van der Waals surface area contributed by atoms with E-state index in [9.17, 15) is 44.5 Å². The fraction of sp³-hybridized carbons (Fsp3) is 0.429. The Bertz CT molecular complexity index is 4300. The average molecular weight is 1410 g/mol. The number of hydrogen-bond acceptors (Lipinski definition) is 17. The van der Waals surface area contributed by atoms with E-state index in [0.717, 1.165) is 0 Å². The molecule has 28 heteroatoms. The van der Waals surface area contributed by atoms with Gasteiger partial charge in [-0.1, -0.05) is 75.2 Å². The predicted molar refractivity (Wildman–Crippen MR) is 376 cm³/mol. The van der Waals surface area contributed by atoms with Crippen LogP contribution in [0.1, 0.15) is 129 Å². The second-order valence-corrected chi connectivity index (χ2v) is 28.5. The van der Waals surface area contributed by atoms with E-state index in [1.165, 1.54) is 43.2 Å². The summed E-state index contributed by atoms with van der Waals surface area (Å²) in [7, 11) is 0. The first-order valence-electron chi connectivity index (χ1n) is 31.9. The molecule has 2 aliphatic rings. The zero-order valence-corrected chi connectivity index (χ0v) is 59.7. The molecule has 8 heterocycles. The van der Waals surface area contributed by atoms with Gasteiger partial charge in [0.1, 0.15) is 34.2 Å². The minimum Gasteiger partial charge on any atom is -0.444 e. The van der Waals surface area contributed by atoms with Gasteiger partial charge < -0.3 is 34.2 Å². The Morgan fingerprint density at radius 1 is 0.612 bits per heavy atom. The molecule has 98 heavy (non-hydrogen) atoms. The number of aryl methyl sites for hydroxylation is 4. The highest BCUT2D eigenvalue weighted by atomic mass is 35.5. The molecule has 0 spiro atoms. The predicted octanol–water partition coefficient (Wildman–Crippen LogP) is 14.6. The first kappa shape index (κ1) is 73.3. The van der Waals surface area contributed by atoms with Crippen LogP contribution in [0.4, 0.5) is 41.1 Å². The highest BCUT2D eigenvalue weighted by Gasteiger charge is 2.44. The van der Waals surface area contributed by atoms with Crippen LogP contribution in [-0.2, 0) is 9.47 Å². The zero-order chi connectivity index (χ0) is 72.2. The maximum Gasteiger partial charge on any atom is 0.410 e. The lowest BCUT2D eigenvalue weighted by Crippen LogP contribution is -2.61. The number of hydrogen-bond donors (Lipinski definition) is 1. The van der Waals surface area contributed by atoms with Crippen molar-refractivity contribution in [2.75, 3.05) is 48.5 Å². The van der Waals surface area contributed by atoms with Crippen molar-refractivity contribution >= 4 is 91.8 Å². The van der Waals surface area contributed by atoms with Crippen LogP contribution in [0, 0.1) is 59.6 Å². The third kappa shape index (κ3) is 14.2. The van der Waals surface area contributed by atoms with Crippen molar-refractivity contribution in [3.8, 4) is 33.9 Å². The number of fused-ring (bicyclic) bond motifs is 2. The molecule has 0 bridgehead atoms. The SMILES string of the molecule is Cc1cccc(F)c1-c1nc2c(cc1Cl)c(N1C[C@@H](C)N(C(=O)OC(C)(C)C)C[C@@H]1CCl)c([N+](=O)[O-])c(=O)n2-c1c(C)ccnc1C(C)C.Cc1cccc(F)c1-c1nc2c(cc1Cl)c(N1C[C@@H](C)N(C(=O)OC(C)(C)C)C[C@@H]1CO)c([N+](=O)[O-])c(=O)n2-c1c(C)ccnc1C(C)C. The Morgan fingerprint density at radius 2 is 0.980 bits per heavy atom. The summed E-state index contributed by atoms with van der Waals surface area (Å²) in [5, 5.41) is 36.9. The van der Waals surface area contributed by atoms with Crippen LogP contribution in [-0.4, -0.2) is 140 Å². The number of ether oxygens (including phenoxy) is 2. The second kappa shape index (κ2) is 28.5. The summed E-state index contributed by atoms with van der Waals surface area (Å²) in [6.07, 6.45) is 2.06. The van der Waals surface area contributed by atoms with Crippen molar-refractivity contribution in [1.82, 2.24) is 38.9 Å². The monoisotopic (exact) mass is 1410 g/mol. The lowest BCUT2D eigenvalue weighted by Gasteiger charge is -2.45. The van der Waals surface area contributed by atoms with Crippen LogP contribution in [0.2, 0.25) is 10.0 Å². The van der Waals surface area contributed by atoms with Gasteiger partial charge in [-0.2, -0.15) is 0 Å². The number of benzene rings is 2. The van der Waals surface area contributed by atoms with Crippen molar-refractivity contribution in [3.63, 3.8) is 0 Å². The van der Waals surface area contributed by atoms with Crippen molar-refractivity contribution in [2.24, 2.45) is 0 Å². The number of amides is 2. The molecule has 10 rings (SSSR count). The van der Waals surface area contributed by atoms with E-state index in [0.29, 0.717) is 45.0 Å². The first-order chi connectivity index (χ1) is 45.9. The Morgan fingerprint density at radius 3 is 1.31 bits per heavy atom. The molecule has 2 saturated heterocycles. The number of nitro groups is 2. The first-order valence-corrected chi connectivity index (χ1v) is 33.2. The van der Waals surface area contributed by atoms with E-state index in [4.69, 9.17) is 54.2 Å². The van der Waals surface area contributed by atoms with Gasteiger partial charge >= 0.3 is 34.7 Å². The van der Waals surface area contributed by atoms with E-state index >= 15 is 8.78 Å². The number of alkyl halides is 1. The summed E-state index contributed by atoms with van der Waals surface area (Å²) < 4.78 is 44.4. The maximum absolute atomic E-state index is 15.4. The van der Waals surface area contributed by atoms with Gasteiger partial charge in [-0.05, 0) is 154 Å². The standard InChI is InChI=1S/C35H39Cl2FN6O5.C35H40ClFN6O6/c1-18(2)27-29(20(4)12-13-39-27)43-32-23(14-24(37)28(40-32)26-19(3)10-9-11-25(26)38)30(31(33(43)45)44(47)48)42-16-21(5)41(17-22(42)15-36)34(46)49-35(6,7)8;1-18(2)27-29(20(4)12-13-38-27)42-32-23(14-24(36)28(39-32)26-19(3)10-9-11-25(26)37)30(31(33(42)45)43(47)48)41-15-21(5)40(16-22(41)17-44)34(46)49-35(6,7)8/h9-14,18,21-22H,15-17H2,1-8H3;9-14,18,21-22,44H,15-17H2,1-8H3/t21-,22+;21-,22-/m11/s1. The Kier molecular flexibility index (Phi) is 21.3. The number of anilines is 2. The highest BCUT2D eigenvalue weighted by molar-refractivity contribution is 6.34. The number of nitrogens with zero attached hydrogens (tertiary/aromatic N) is 12. The van der Waals surface area contributed by atoms with Crippen LogP contribution in [0.15, 0.2) is 82.6 Å². The zero-order valence-electron chi connectivity index (χ0n) is 57.4. The molecule has 0 unspecified atom stereocenters. The van der Waals surface area contributed by atoms with Crippen molar-refractivity contribution in [2.45, 2.75) is 158 Å². The van der Waals surface area contributed by atoms with Gasteiger partial charge in [0.2, 0.25) is 0 Å². The molecular weight excluding hydrogens is 1330 g/mol. The van der Waals surface area contributed by atoms with E-state index < -0.39 is 98.1 Å². The number of halogens is 5. The lowest BCUT2D eigenvalue weighted by atomic mass is 10.0. The number of piperazine rings is 2. The number of aromatic nitrogens is 6. The van der Waals surface area contributed by atoms with Crippen LogP contribution in [0.3, 0.4) is 0 Å². The Balaban J connectivity index is 0.000000229. The van der Waals surface area contributed by atoms with E-state index in [1.807, 2.05) is 27.7 Å². The number of aliphatic hydroxyl groups is 1. The van der Waals surface area contributed by atoms with Gasteiger partial charge in [-0.15, -0.1) is 11.6 Å². The molecule has 2 amide bonds. The van der Waals surface area contributed by atoms with Crippen LogP contribution < -0.4 is 20.9 Å². The summed E-state index contributed by atoms with van der Waals surface area (Å²) in [5.41, 5.74) is -0.718. The molecule has 2 aliphatic heterocycles. The van der Waals surface area contributed by atoms with E-state index in [1.54, 1.807) is 142 Å². The molecule has 4 atom stereocenters. The number of pyridine rings is 6. The van der Waals surface area contributed by atoms with Crippen LogP contribution in [0.25, 0.3) is 56.0 Å². The van der Waals surface area contributed by atoms with Crippen molar-refractivity contribution in [3.05, 3.63) is 169 Å². The molecule has 2 fully saturated rings. The average Bonchev–Trinajstić information content (AvgIpc) is 0.724. The summed E-state index contributed by atoms with van der Waals surface area (Å²) in [6, 6.07) is 12.9. The number of carbonyl (C=O) groups is 2. The minimum atomic E-state index is -0.990. The quantitative estimate of drug-likeness (QED) is 0.0676. The number of carbonyl (C=O) groups excluding carboxylic acids is 2. The molecule has 0 saturated carbocycles. The van der Waals surface area contributed by atoms with Crippen LogP contribution in [0.5, 0.6) is 0 Å². The molecule has 0 aliphatic carbocycles. The van der Waals surface area contributed by atoms with Crippen molar-refractivity contribution in [1.29, 1.82) is 0 Å². The number of rotatable bonds is 12. The lowest BCUT2D eigenvalue weighted by molar-refractivity contribution is -0.385. The molecule has 1 N–H and O–H groups in total. The van der Waals surface area contributed by atoms with Gasteiger partial charge in [-0.3, -0.25) is 48.9 Å². The summed E-state index contributed by atoms with van der Waals surface area (Å²) >= 11 is 20.3. The molecular formula is C70H79Cl3F2N12O11. The molecule has 2 aromatic carbocycles. The molecule has 8 aromatic rings. The Labute approximate surface area is 580 Å². The summed E-state index contributed by atoms with van der Waals surface area (Å²) in [5.74, 6) is -1.58. The minimum absolute atomic E-state index is 0.00117. The fourth-order valence-corrected chi connectivity index (χ4v) is 13.4. The van der Waals surface area contributed by atoms with E-state index in [2.05, 4.69) is 9.97 Å². The molecule has 6 aromatic heterocycles. The number of aliphatic hydroxyl groups excluding tert-OH is 1. The van der Waals surface area contributed by atoms with Crippen molar-refractivity contribution < 1.29 is 42.8 Å². The molecule has 520 valence electrons. The fourth-order valence-electron chi connectivity index (χ4n) is 12.7. The van der Waals surface area contributed by atoms with E-state index in [-0.39, 0.29) is 110 Å². The maximum atomic E-state index is 15.4. The third-order valence-corrected chi connectivity index (χ3v) is 18.1. The van der Waals surface area contributed by atoms with Gasteiger partial charge in [-0.25, -0.2) is 28.3 Å². The summed E-state index contributed by atoms with van der Waals surface area (Å²) in [6.45, 7) is 28.1. The smallest absolute Gasteiger partial charge is 0.410 e. The second-order valence-electron chi connectivity index (χ2n) is 27.4. The van der Waals surface area contributed by atoms with Crippen LogP contribution >= 0.6 is 34.8 Å². The Hall–Kier alpha value is -8.91. The largest absolute Gasteiger partial charge is 0.444 e. The van der Waals surface area contributed by atoms with Gasteiger partial charge in [0, 0.05) is 67.7 Å². The molecule has 0 radical (unpaired) electrons. The topological polar surface area (TPSA) is 268 Å². The third-order valence-electron chi connectivity index (χ3n) is 17.1. The molecule has 23 nitrogen and oxygen atoms in total. The van der Waals surface area contributed by atoms with Gasteiger partial charge in [0.15, 0.2) is 11.3 Å². The van der Waals surface area contributed by atoms with Gasteiger partial charge in [0.05, 0.1) is 83.5 Å². The van der Waals surface area contributed by atoms with Gasteiger partial charge in [0.25, 0.3) is 0 Å². The highest BCUT2D eigenvalue weighted by Crippen LogP contribution is 2.45. The normalized spacial score (nSPS) is 16.8.